The van der Waals surface area contributed by atoms with Crippen molar-refractivity contribution < 1.29 is 21.2 Å². The summed E-state index contributed by atoms with van der Waals surface area (Å²) < 4.78 is 57.1. The van der Waals surface area contributed by atoms with Gasteiger partial charge in [0.15, 0.2) is 20.1 Å². The van der Waals surface area contributed by atoms with Crippen LogP contribution in [0.25, 0.3) is 0 Å². The second-order valence-electron chi connectivity index (χ2n) is 3.30. The van der Waals surface area contributed by atoms with Crippen molar-refractivity contribution in [3.05, 3.63) is 34.1 Å². The van der Waals surface area contributed by atoms with Crippen molar-refractivity contribution >= 4 is 19.7 Å². The summed E-state index contributed by atoms with van der Waals surface area (Å²) in [7, 11) is -8.35. The molecular formula is C9H11FO4S2. The Morgan fingerprint density at radius 1 is 1.31 bits per heavy atom. The molecule has 0 amide bonds. The molecule has 0 saturated carbocycles. The van der Waals surface area contributed by atoms with Crippen molar-refractivity contribution in [3.8, 4) is 0 Å². The fourth-order valence-corrected chi connectivity index (χ4v) is 4.64. The molecule has 1 rings (SSSR count). The molecule has 90 valence electrons. The Bertz CT molecular complexity index is 565. The molecule has 0 N–H and O–H groups in total. The van der Waals surface area contributed by atoms with E-state index >= 15 is 0 Å². The molecule has 0 saturated heterocycles. The van der Waals surface area contributed by atoms with Gasteiger partial charge in [0.25, 0.3) is 0 Å². The minimum Gasteiger partial charge on any atom is -0.233 e. The minimum atomic E-state index is -4.38. The van der Waals surface area contributed by atoms with Crippen molar-refractivity contribution in [3.63, 3.8) is 0 Å². The van der Waals surface area contributed by atoms with Gasteiger partial charge in [-0.05, 0) is 12.0 Å². The molecule has 1 aliphatic carbocycles. The Morgan fingerprint density at radius 3 is 2.31 bits per heavy atom. The molecule has 0 aromatic heterocycles. The first kappa shape index (κ1) is 13.1. The number of hydrogen-bond donors (Lipinski definition) is 0. The molecule has 0 atom stereocenters. The summed E-state index contributed by atoms with van der Waals surface area (Å²) in [6.07, 6.45) is 7.06. The zero-order valence-corrected chi connectivity index (χ0v) is 10.2. The molecule has 0 aromatic carbocycles. The maximum Gasteiger partial charge on any atom is 0.218 e. The van der Waals surface area contributed by atoms with Gasteiger partial charge in [0.2, 0.25) is 9.84 Å². The number of hydrogen-bond acceptors (Lipinski definition) is 4. The Balaban J connectivity index is 3.51. The number of rotatable bonds is 3. The maximum absolute atomic E-state index is 12.4. The van der Waals surface area contributed by atoms with Crippen molar-refractivity contribution in [2.45, 2.75) is 6.42 Å². The van der Waals surface area contributed by atoms with Crippen LogP contribution in [-0.2, 0) is 19.7 Å². The summed E-state index contributed by atoms with van der Waals surface area (Å²) in [5, 5.41) is 0. The minimum absolute atomic E-state index is 0.0997. The van der Waals surface area contributed by atoms with E-state index in [0.717, 1.165) is 6.26 Å². The summed E-state index contributed by atoms with van der Waals surface area (Å²) in [4.78, 5) is 0. The average molecular weight is 266 g/mol. The van der Waals surface area contributed by atoms with Gasteiger partial charge in [-0.1, -0.05) is 24.3 Å². The second kappa shape index (κ2) is 4.50. The normalized spacial score (nSPS) is 19.9. The van der Waals surface area contributed by atoms with Crippen molar-refractivity contribution in [1.82, 2.24) is 0 Å². The van der Waals surface area contributed by atoms with Crippen LogP contribution in [0.5, 0.6) is 0 Å². The van der Waals surface area contributed by atoms with Gasteiger partial charge in [-0.15, -0.1) is 0 Å². The first-order chi connectivity index (χ1) is 7.29. The van der Waals surface area contributed by atoms with E-state index in [1.807, 2.05) is 0 Å². The van der Waals surface area contributed by atoms with Crippen molar-refractivity contribution in [2.24, 2.45) is 0 Å². The molecule has 16 heavy (non-hydrogen) atoms. The van der Waals surface area contributed by atoms with Gasteiger partial charge < -0.3 is 0 Å². The van der Waals surface area contributed by atoms with Crippen LogP contribution in [0.4, 0.5) is 4.39 Å². The van der Waals surface area contributed by atoms with E-state index in [9.17, 15) is 21.2 Å². The lowest BCUT2D eigenvalue weighted by atomic mass is 10.1. The molecular weight excluding hydrogens is 255 g/mol. The molecule has 0 spiro atoms. The number of alkyl halides is 1. The zero-order chi connectivity index (χ0) is 12.4. The summed E-state index contributed by atoms with van der Waals surface area (Å²) in [5.74, 6) is 0. The van der Waals surface area contributed by atoms with Gasteiger partial charge in [-0.3, -0.25) is 0 Å². The topological polar surface area (TPSA) is 68.3 Å². The summed E-state index contributed by atoms with van der Waals surface area (Å²) in [6.45, 7) is 0. The number of halogens is 1. The van der Waals surface area contributed by atoms with Gasteiger partial charge >= 0.3 is 0 Å². The van der Waals surface area contributed by atoms with Crippen LogP contribution in [0.15, 0.2) is 34.1 Å². The third kappa shape index (κ3) is 2.79. The van der Waals surface area contributed by atoms with Gasteiger partial charge in [0, 0.05) is 6.26 Å². The fraction of sp³-hybridized carbons (Fsp3) is 0.333. The molecule has 4 nitrogen and oxygen atoms in total. The van der Waals surface area contributed by atoms with Crippen LogP contribution < -0.4 is 0 Å². The van der Waals surface area contributed by atoms with Crippen LogP contribution in [0.1, 0.15) is 6.42 Å². The third-order valence-corrected chi connectivity index (χ3v) is 5.63. The largest absolute Gasteiger partial charge is 0.233 e. The third-order valence-electron chi connectivity index (χ3n) is 1.91. The van der Waals surface area contributed by atoms with Crippen LogP contribution in [0.3, 0.4) is 0 Å². The summed E-state index contributed by atoms with van der Waals surface area (Å²) in [5.41, 5.74) is 0.0997. The summed E-state index contributed by atoms with van der Waals surface area (Å²) >= 11 is 0. The predicted molar refractivity (Wildman–Crippen MR) is 59.7 cm³/mol. The lowest BCUT2D eigenvalue weighted by Gasteiger charge is -2.10. The highest BCUT2D eigenvalue weighted by Gasteiger charge is 2.30. The molecule has 0 bridgehead atoms. The fourth-order valence-electron chi connectivity index (χ4n) is 1.38. The van der Waals surface area contributed by atoms with E-state index in [1.165, 1.54) is 12.2 Å². The molecule has 0 aromatic rings. The highest BCUT2D eigenvalue weighted by atomic mass is 32.3. The lowest BCUT2D eigenvalue weighted by Crippen LogP contribution is -2.16. The van der Waals surface area contributed by atoms with E-state index in [0.29, 0.717) is 0 Å². The van der Waals surface area contributed by atoms with Crippen LogP contribution in [0.2, 0.25) is 0 Å². The molecule has 0 unspecified atom stereocenters. The Hall–Kier alpha value is -0.950. The highest BCUT2D eigenvalue weighted by molar-refractivity contribution is 8.14. The second-order valence-corrected chi connectivity index (χ2v) is 7.37. The SMILES string of the molecule is CS(=O)(=O)/C(=C1/C=CC=CC1)S(=O)(=O)CF. The first-order valence-corrected chi connectivity index (χ1v) is 7.88. The van der Waals surface area contributed by atoms with Crippen LogP contribution in [-0.4, -0.2) is 29.1 Å². The highest BCUT2D eigenvalue weighted by Crippen LogP contribution is 2.25. The van der Waals surface area contributed by atoms with Gasteiger partial charge in [0.1, 0.15) is 0 Å². The van der Waals surface area contributed by atoms with E-state index in [1.54, 1.807) is 12.2 Å². The smallest absolute Gasteiger partial charge is 0.218 e. The lowest BCUT2D eigenvalue weighted by molar-refractivity contribution is 0.539. The zero-order valence-electron chi connectivity index (χ0n) is 8.55. The molecule has 1 aliphatic rings. The molecule has 7 heteroatoms. The first-order valence-electron chi connectivity index (χ1n) is 4.34. The van der Waals surface area contributed by atoms with Crippen LogP contribution >= 0.6 is 0 Å². The van der Waals surface area contributed by atoms with Crippen molar-refractivity contribution in [2.75, 3.05) is 12.3 Å². The molecule has 0 radical (unpaired) electrons. The number of allylic oxidation sites excluding steroid dienone is 5. The van der Waals surface area contributed by atoms with Crippen molar-refractivity contribution in [1.29, 1.82) is 0 Å². The van der Waals surface area contributed by atoms with Gasteiger partial charge in [-0.2, -0.15) is 0 Å². The Labute approximate surface area is 94.0 Å². The van der Waals surface area contributed by atoms with E-state index in [2.05, 4.69) is 0 Å². The standard InChI is InChI=1S/C9H11FO4S2/c1-15(11,12)9(16(13,14)7-10)8-5-3-2-4-6-8/h2-5H,6-7H2,1H3/b9-8+. The Morgan fingerprint density at radius 2 is 1.94 bits per heavy atom. The Kier molecular flexibility index (Phi) is 3.69. The van der Waals surface area contributed by atoms with Gasteiger partial charge in [-0.25, -0.2) is 21.2 Å². The molecule has 0 fully saturated rings. The molecule has 0 aliphatic heterocycles. The van der Waals surface area contributed by atoms with Crippen LogP contribution in [0, 0.1) is 0 Å². The quantitative estimate of drug-likeness (QED) is 0.767. The van der Waals surface area contributed by atoms with Gasteiger partial charge in [0.05, 0.1) is 0 Å². The monoisotopic (exact) mass is 266 g/mol. The number of sulfone groups is 2. The van der Waals surface area contributed by atoms with E-state index < -0.39 is 29.9 Å². The van der Waals surface area contributed by atoms with E-state index in [-0.39, 0.29) is 12.0 Å². The van der Waals surface area contributed by atoms with E-state index in [4.69, 9.17) is 0 Å². The maximum atomic E-state index is 12.4. The molecule has 0 heterocycles. The average Bonchev–Trinajstić information content (AvgIpc) is 2.17. The predicted octanol–water partition coefficient (Wildman–Crippen LogP) is 1.10. The summed E-state index contributed by atoms with van der Waals surface area (Å²) in [6, 6.07) is -1.71.